The van der Waals surface area contributed by atoms with Crippen LogP contribution in [-0.4, -0.2) is 19.8 Å². The standard InChI is InChI=1S/C15H24O2/c1-3-5-12-11-15-14(6-4-8-17-15)10-13(12)7-9-16-2/h3,5,7,9,12-15H,4,6,8,10-11H2,1-2H3/b5-3-,9-7+/t12?,13?,14-,15-/m0/s1. The van der Waals surface area contributed by atoms with E-state index >= 15 is 0 Å². The van der Waals surface area contributed by atoms with Crippen LogP contribution in [0.2, 0.25) is 0 Å². The lowest BCUT2D eigenvalue weighted by Crippen LogP contribution is -2.38. The zero-order valence-electron chi connectivity index (χ0n) is 11.0. The fraction of sp³-hybridized carbons (Fsp3) is 0.733. The van der Waals surface area contributed by atoms with Crippen LogP contribution in [0, 0.1) is 17.8 Å². The van der Waals surface area contributed by atoms with E-state index < -0.39 is 0 Å². The van der Waals surface area contributed by atoms with Crippen molar-refractivity contribution in [2.24, 2.45) is 17.8 Å². The second kappa shape index (κ2) is 6.25. The quantitative estimate of drug-likeness (QED) is 0.551. The number of hydrogen-bond donors (Lipinski definition) is 0. The Morgan fingerprint density at radius 1 is 1.18 bits per heavy atom. The van der Waals surface area contributed by atoms with Gasteiger partial charge in [-0.1, -0.05) is 12.2 Å². The molecule has 0 spiro atoms. The van der Waals surface area contributed by atoms with Crippen molar-refractivity contribution in [2.75, 3.05) is 13.7 Å². The van der Waals surface area contributed by atoms with Crippen molar-refractivity contribution in [3.63, 3.8) is 0 Å². The summed E-state index contributed by atoms with van der Waals surface area (Å²) in [6.45, 7) is 3.06. The average molecular weight is 236 g/mol. The second-order valence-corrected chi connectivity index (χ2v) is 5.20. The topological polar surface area (TPSA) is 18.5 Å². The van der Waals surface area contributed by atoms with Crippen molar-refractivity contribution in [3.8, 4) is 0 Å². The summed E-state index contributed by atoms with van der Waals surface area (Å²) in [5.41, 5.74) is 0. The van der Waals surface area contributed by atoms with E-state index in [-0.39, 0.29) is 0 Å². The lowest BCUT2D eigenvalue weighted by Gasteiger charge is -2.41. The molecule has 1 saturated heterocycles. The number of rotatable bonds is 3. The SMILES string of the molecule is C/C=C\C1C[C@@H]2OCCC[C@H]2CC1/C=C/OC. The molecule has 1 aliphatic heterocycles. The van der Waals surface area contributed by atoms with E-state index in [1.54, 1.807) is 7.11 Å². The average Bonchev–Trinajstić information content (AvgIpc) is 2.36. The van der Waals surface area contributed by atoms with Gasteiger partial charge in [0.2, 0.25) is 0 Å². The number of methoxy groups -OCH3 is 1. The van der Waals surface area contributed by atoms with Crippen LogP contribution < -0.4 is 0 Å². The summed E-state index contributed by atoms with van der Waals surface area (Å²) in [5.74, 6) is 2.00. The number of fused-ring (bicyclic) bond motifs is 1. The minimum absolute atomic E-state index is 0.497. The van der Waals surface area contributed by atoms with Crippen molar-refractivity contribution in [1.29, 1.82) is 0 Å². The Balaban J connectivity index is 2.04. The van der Waals surface area contributed by atoms with Gasteiger partial charge in [-0.25, -0.2) is 0 Å². The molecule has 0 bridgehead atoms. The summed E-state index contributed by atoms with van der Waals surface area (Å²) in [5, 5.41) is 0. The van der Waals surface area contributed by atoms with Gasteiger partial charge in [0.05, 0.1) is 19.5 Å². The molecule has 0 N–H and O–H groups in total. The fourth-order valence-electron chi connectivity index (χ4n) is 3.27. The third-order valence-electron chi connectivity index (χ3n) is 4.11. The third kappa shape index (κ3) is 3.12. The highest BCUT2D eigenvalue weighted by molar-refractivity contribution is 5.03. The maximum absolute atomic E-state index is 5.92. The first kappa shape index (κ1) is 12.7. The molecule has 2 rings (SSSR count). The van der Waals surface area contributed by atoms with Crippen LogP contribution in [0.5, 0.6) is 0 Å². The summed E-state index contributed by atoms with van der Waals surface area (Å²) in [6, 6.07) is 0. The van der Waals surface area contributed by atoms with E-state index in [2.05, 4.69) is 25.2 Å². The Bertz CT molecular complexity index is 283. The lowest BCUT2D eigenvalue weighted by molar-refractivity contribution is -0.0637. The van der Waals surface area contributed by atoms with Crippen molar-refractivity contribution in [3.05, 3.63) is 24.5 Å². The molecule has 0 aromatic rings. The molecule has 1 heterocycles. The second-order valence-electron chi connectivity index (χ2n) is 5.20. The lowest BCUT2D eigenvalue weighted by atomic mass is 9.70. The Kier molecular flexibility index (Phi) is 4.66. The Morgan fingerprint density at radius 3 is 2.76 bits per heavy atom. The number of hydrogen-bond acceptors (Lipinski definition) is 2. The number of allylic oxidation sites excluding steroid dienone is 3. The number of ether oxygens (including phenoxy) is 2. The van der Waals surface area contributed by atoms with Gasteiger partial charge in [0.15, 0.2) is 0 Å². The van der Waals surface area contributed by atoms with E-state index in [0.29, 0.717) is 17.9 Å². The maximum Gasteiger partial charge on any atom is 0.0787 e. The Labute approximate surface area is 105 Å². The summed E-state index contributed by atoms with van der Waals surface area (Å²) in [4.78, 5) is 0. The summed E-state index contributed by atoms with van der Waals surface area (Å²) in [7, 11) is 1.72. The first-order valence-corrected chi connectivity index (χ1v) is 6.79. The minimum atomic E-state index is 0.497. The largest absolute Gasteiger partial charge is 0.505 e. The molecule has 1 saturated carbocycles. The highest BCUT2D eigenvalue weighted by atomic mass is 16.5. The molecule has 4 atom stereocenters. The smallest absolute Gasteiger partial charge is 0.0787 e. The predicted molar refractivity (Wildman–Crippen MR) is 69.6 cm³/mol. The normalized spacial score (nSPS) is 38.5. The molecule has 2 unspecified atom stereocenters. The van der Waals surface area contributed by atoms with Gasteiger partial charge in [-0.3, -0.25) is 0 Å². The van der Waals surface area contributed by atoms with Crippen molar-refractivity contribution >= 4 is 0 Å². The van der Waals surface area contributed by atoms with Crippen LogP contribution in [-0.2, 0) is 9.47 Å². The van der Waals surface area contributed by atoms with Crippen molar-refractivity contribution in [1.82, 2.24) is 0 Å². The molecule has 0 radical (unpaired) electrons. The summed E-state index contributed by atoms with van der Waals surface area (Å²) >= 11 is 0. The van der Waals surface area contributed by atoms with E-state index in [0.717, 1.165) is 12.5 Å². The minimum Gasteiger partial charge on any atom is -0.505 e. The van der Waals surface area contributed by atoms with Gasteiger partial charge in [0.25, 0.3) is 0 Å². The molecule has 2 fully saturated rings. The predicted octanol–water partition coefficient (Wildman–Crippen LogP) is 3.54. The molecule has 96 valence electrons. The van der Waals surface area contributed by atoms with Gasteiger partial charge in [0, 0.05) is 6.61 Å². The van der Waals surface area contributed by atoms with E-state index in [4.69, 9.17) is 9.47 Å². The van der Waals surface area contributed by atoms with Gasteiger partial charge in [-0.15, -0.1) is 0 Å². The van der Waals surface area contributed by atoms with Crippen LogP contribution >= 0.6 is 0 Å². The van der Waals surface area contributed by atoms with Gasteiger partial charge >= 0.3 is 0 Å². The first-order chi connectivity index (χ1) is 8.35. The van der Waals surface area contributed by atoms with Gasteiger partial charge in [0.1, 0.15) is 0 Å². The molecule has 2 aliphatic rings. The summed E-state index contributed by atoms with van der Waals surface area (Å²) < 4.78 is 11.0. The zero-order valence-corrected chi connectivity index (χ0v) is 11.0. The molecule has 0 aromatic heterocycles. The van der Waals surface area contributed by atoms with Gasteiger partial charge in [-0.05, 0) is 56.4 Å². The van der Waals surface area contributed by atoms with E-state index in [1.165, 1.54) is 25.7 Å². The molecular weight excluding hydrogens is 212 g/mol. The fourth-order valence-corrected chi connectivity index (χ4v) is 3.27. The van der Waals surface area contributed by atoms with Gasteiger partial charge < -0.3 is 9.47 Å². The monoisotopic (exact) mass is 236 g/mol. The van der Waals surface area contributed by atoms with Crippen LogP contribution in [0.1, 0.15) is 32.6 Å². The highest BCUT2D eigenvalue weighted by Crippen LogP contribution is 2.41. The Morgan fingerprint density at radius 2 is 2.00 bits per heavy atom. The van der Waals surface area contributed by atoms with Crippen molar-refractivity contribution in [2.45, 2.75) is 38.7 Å². The molecule has 1 aliphatic carbocycles. The van der Waals surface area contributed by atoms with Gasteiger partial charge in [-0.2, -0.15) is 0 Å². The highest BCUT2D eigenvalue weighted by Gasteiger charge is 2.36. The molecule has 0 amide bonds. The molecule has 17 heavy (non-hydrogen) atoms. The van der Waals surface area contributed by atoms with E-state index in [9.17, 15) is 0 Å². The van der Waals surface area contributed by atoms with Crippen molar-refractivity contribution < 1.29 is 9.47 Å². The molecule has 0 aromatic carbocycles. The Hall–Kier alpha value is -0.760. The van der Waals surface area contributed by atoms with Crippen LogP contribution in [0.4, 0.5) is 0 Å². The first-order valence-electron chi connectivity index (χ1n) is 6.79. The van der Waals surface area contributed by atoms with Crippen LogP contribution in [0.3, 0.4) is 0 Å². The zero-order chi connectivity index (χ0) is 12.1. The maximum atomic E-state index is 5.92. The third-order valence-corrected chi connectivity index (χ3v) is 4.11. The molecular formula is C15H24O2. The molecule has 2 heteroatoms. The molecule has 2 nitrogen and oxygen atoms in total. The van der Waals surface area contributed by atoms with Crippen LogP contribution in [0.15, 0.2) is 24.5 Å². The summed E-state index contributed by atoms with van der Waals surface area (Å²) in [6.07, 6.45) is 14.1. The van der Waals surface area contributed by atoms with Crippen LogP contribution in [0.25, 0.3) is 0 Å². The van der Waals surface area contributed by atoms with E-state index in [1.807, 2.05) is 6.26 Å².